The number of methoxy groups -OCH3 is 1. The number of benzene rings is 3. The van der Waals surface area contributed by atoms with E-state index in [1.165, 1.54) is 23.9 Å². The smallest absolute Gasteiger partial charge is 0.269 e. The number of nitrogens with zero attached hydrogens (tertiary/aromatic N) is 1. The van der Waals surface area contributed by atoms with Crippen LogP contribution in [0.4, 0.5) is 11.4 Å². The molecule has 0 aliphatic heterocycles. The zero-order chi connectivity index (χ0) is 19.9. The topological polar surface area (TPSA) is 81.5 Å². The second-order valence-electron chi connectivity index (χ2n) is 5.89. The third-order valence-corrected chi connectivity index (χ3v) is 5.06. The van der Waals surface area contributed by atoms with Gasteiger partial charge < -0.3 is 10.1 Å². The molecule has 0 atom stereocenters. The number of amides is 1. The highest BCUT2D eigenvalue weighted by Gasteiger charge is 2.12. The van der Waals surface area contributed by atoms with E-state index in [-0.39, 0.29) is 18.0 Å². The number of nitrogens with one attached hydrogen (secondary N) is 1. The molecule has 1 amide bonds. The van der Waals surface area contributed by atoms with E-state index < -0.39 is 4.92 Å². The fourth-order valence-corrected chi connectivity index (χ4v) is 3.54. The Kier molecular flexibility index (Phi) is 6.29. The molecule has 3 aromatic rings. The monoisotopic (exact) mass is 394 g/mol. The van der Waals surface area contributed by atoms with Gasteiger partial charge >= 0.3 is 0 Å². The molecule has 142 valence electrons. The lowest BCUT2D eigenvalue weighted by molar-refractivity contribution is -0.384. The molecule has 0 aliphatic rings. The predicted octanol–water partition coefficient (Wildman–Crippen LogP) is 4.94. The molecular formula is C21H18N2O4S. The average molecular weight is 394 g/mol. The van der Waals surface area contributed by atoms with Crippen LogP contribution in [-0.4, -0.2) is 17.9 Å². The minimum Gasteiger partial charge on any atom is -0.496 e. The van der Waals surface area contributed by atoms with E-state index in [2.05, 4.69) is 5.32 Å². The molecule has 0 heterocycles. The van der Waals surface area contributed by atoms with Crippen LogP contribution in [0.2, 0.25) is 0 Å². The minimum atomic E-state index is -0.430. The van der Waals surface area contributed by atoms with Crippen LogP contribution in [0.15, 0.2) is 82.6 Å². The minimum absolute atomic E-state index is 0.0442. The molecule has 0 saturated heterocycles. The first-order valence-electron chi connectivity index (χ1n) is 8.50. The fourth-order valence-electron chi connectivity index (χ4n) is 2.64. The van der Waals surface area contributed by atoms with Crippen LogP contribution in [0, 0.1) is 10.1 Å². The van der Waals surface area contributed by atoms with E-state index in [1.54, 1.807) is 19.2 Å². The first-order valence-corrected chi connectivity index (χ1v) is 9.31. The van der Waals surface area contributed by atoms with Crippen molar-refractivity contribution >= 4 is 29.0 Å². The Morgan fingerprint density at radius 2 is 1.71 bits per heavy atom. The number of anilines is 1. The number of non-ortho nitro benzene ring substituents is 1. The summed E-state index contributed by atoms with van der Waals surface area (Å²) in [6, 6.07) is 21.2. The maximum absolute atomic E-state index is 12.5. The molecular weight excluding hydrogens is 376 g/mol. The molecule has 3 aromatic carbocycles. The second kappa shape index (κ2) is 9.05. The van der Waals surface area contributed by atoms with Crippen molar-refractivity contribution in [1.29, 1.82) is 0 Å². The highest BCUT2D eigenvalue weighted by molar-refractivity contribution is 7.99. The van der Waals surface area contributed by atoms with Crippen molar-refractivity contribution in [1.82, 2.24) is 0 Å². The van der Waals surface area contributed by atoms with Gasteiger partial charge in [-0.15, -0.1) is 0 Å². The molecule has 6 nitrogen and oxygen atoms in total. The van der Waals surface area contributed by atoms with Crippen molar-refractivity contribution in [3.8, 4) is 5.75 Å². The van der Waals surface area contributed by atoms with Crippen molar-refractivity contribution in [2.75, 3.05) is 12.4 Å². The maximum atomic E-state index is 12.5. The molecule has 0 bridgehead atoms. The van der Waals surface area contributed by atoms with Crippen LogP contribution in [0.3, 0.4) is 0 Å². The lowest BCUT2D eigenvalue weighted by atomic mass is 10.1. The lowest BCUT2D eigenvalue weighted by Gasteiger charge is -2.12. The molecule has 0 unspecified atom stereocenters. The predicted molar refractivity (Wildman–Crippen MR) is 109 cm³/mol. The van der Waals surface area contributed by atoms with Gasteiger partial charge in [0.05, 0.1) is 24.1 Å². The molecule has 1 N–H and O–H groups in total. The molecule has 28 heavy (non-hydrogen) atoms. The molecule has 0 aromatic heterocycles. The SMILES string of the molecule is COc1ccccc1CC(=O)Nc1ccccc1Sc1ccc([N+](=O)[O-])cc1. The molecule has 0 aliphatic carbocycles. The van der Waals surface area contributed by atoms with Gasteiger partial charge in [0.2, 0.25) is 5.91 Å². The maximum Gasteiger partial charge on any atom is 0.269 e. The summed E-state index contributed by atoms with van der Waals surface area (Å²) in [7, 11) is 1.58. The largest absolute Gasteiger partial charge is 0.496 e. The standard InChI is InChI=1S/C21H18N2O4S/c1-27-19-8-4-2-6-15(19)14-21(24)22-18-7-3-5-9-20(18)28-17-12-10-16(11-13-17)23(25)26/h2-13H,14H2,1H3,(H,22,24). The summed E-state index contributed by atoms with van der Waals surface area (Å²) in [5.41, 5.74) is 1.54. The molecule has 0 fully saturated rings. The molecule has 3 rings (SSSR count). The van der Waals surface area contributed by atoms with Gasteiger partial charge in [0, 0.05) is 27.5 Å². The Morgan fingerprint density at radius 3 is 2.43 bits per heavy atom. The summed E-state index contributed by atoms with van der Waals surface area (Å²) in [5.74, 6) is 0.521. The zero-order valence-corrected chi connectivity index (χ0v) is 15.9. The lowest BCUT2D eigenvalue weighted by Crippen LogP contribution is -2.15. The van der Waals surface area contributed by atoms with Crippen molar-refractivity contribution < 1.29 is 14.5 Å². The summed E-state index contributed by atoms with van der Waals surface area (Å²) in [6.07, 6.45) is 0.195. The Bertz CT molecular complexity index is 990. The summed E-state index contributed by atoms with van der Waals surface area (Å²) in [6.45, 7) is 0. The van der Waals surface area contributed by atoms with Crippen molar-refractivity contribution in [2.24, 2.45) is 0 Å². The van der Waals surface area contributed by atoms with Crippen molar-refractivity contribution in [3.05, 3.63) is 88.5 Å². The van der Waals surface area contributed by atoms with Crippen LogP contribution < -0.4 is 10.1 Å². The van der Waals surface area contributed by atoms with Gasteiger partial charge in [0.25, 0.3) is 5.69 Å². The number of ether oxygens (including phenoxy) is 1. The number of nitro groups is 1. The van der Waals surface area contributed by atoms with Crippen molar-refractivity contribution in [3.63, 3.8) is 0 Å². The summed E-state index contributed by atoms with van der Waals surface area (Å²) in [5, 5.41) is 13.7. The molecule has 0 saturated carbocycles. The number of carbonyl (C=O) groups excluding carboxylic acids is 1. The van der Waals surface area contributed by atoms with Gasteiger partial charge in [-0.25, -0.2) is 0 Å². The molecule has 7 heteroatoms. The van der Waals surface area contributed by atoms with Crippen LogP contribution in [0.1, 0.15) is 5.56 Å². The highest BCUT2D eigenvalue weighted by atomic mass is 32.2. The molecule has 0 spiro atoms. The Morgan fingerprint density at radius 1 is 1.04 bits per heavy atom. The van der Waals surface area contributed by atoms with E-state index in [9.17, 15) is 14.9 Å². The number of nitro benzene ring substituents is 1. The number of hydrogen-bond donors (Lipinski definition) is 1. The van der Waals surface area contributed by atoms with Gasteiger partial charge in [-0.2, -0.15) is 0 Å². The van der Waals surface area contributed by atoms with E-state index in [0.717, 1.165) is 15.4 Å². The van der Waals surface area contributed by atoms with Crippen LogP contribution in [0.5, 0.6) is 5.75 Å². The quantitative estimate of drug-likeness (QED) is 0.454. The van der Waals surface area contributed by atoms with Gasteiger partial charge in [-0.05, 0) is 30.3 Å². The number of hydrogen-bond acceptors (Lipinski definition) is 5. The Balaban J connectivity index is 1.73. The van der Waals surface area contributed by atoms with E-state index in [0.29, 0.717) is 11.4 Å². The van der Waals surface area contributed by atoms with Gasteiger partial charge in [-0.1, -0.05) is 42.1 Å². The van der Waals surface area contributed by atoms with E-state index in [4.69, 9.17) is 4.74 Å². The zero-order valence-electron chi connectivity index (χ0n) is 15.1. The van der Waals surface area contributed by atoms with E-state index >= 15 is 0 Å². The Hall–Kier alpha value is -3.32. The normalized spacial score (nSPS) is 10.3. The first kappa shape index (κ1) is 19.4. The fraction of sp³-hybridized carbons (Fsp3) is 0.0952. The van der Waals surface area contributed by atoms with Crippen molar-refractivity contribution in [2.45, 2.75) is 16.2 Å². The summed E-state index contributed by atoms with van der Waals surface area (Å²) >= 11 is 1.43. The number of rotatable bonds is 7. The summed E-state index contributed by atoms with van der Waals surface area (Å²) in [4.78, 5) is 24.6. The van der Waals surface area contributed by atoms with Crippen LogP contribution in [0.25, 0.3) is 0 Å². The van der Waals surface area contributed by atoms with E-state index in [1.807, 2.05) is 48.5 Å². The highest BCUT2D eigenvalue weighted by Crippen LogP contribution is 2.34. The van der Waals surface area contributed by atoms with Crippen LogP contribution in [-0.2, 0) is 11.2 Å². The van der Waals surface area contributed by atoms with Gasteiger partial charge in [-0.3, -0.25) is 14.9 Å². The van der Waals surface area contributed by atoms with Gasteiger partial charge in [0.1, 0.15) is 5.75 Å². The number of para-hydroxylation sites is 2. The Labute approximate surface area is 166 Å². The third-order valence-electron chi connectivity index (χ3n) is 3.98. The number of carbonyl (C=O) groups is 1. The third kappa shape index (κ3) is 4.89. The average Bonchev–Trinajstić information content (AvgIpc) is 2.70. The second-order valence-corrected chi connectivity index (χ2v) is 7.00. The molecule has 0 radical (unpaired) electrons. The first-order chi connectivity index (χ1) is 13.6. The van der Waals surface area contributed by atoms with Crippen LogP contribution >= 0.6 is 11.8 Å². The van der Waals surface area contributed by atoms with Gasteiger partial charge in [0.15, 0.2) is 0 Å². The summed E-state index contributed by atoms with van der Waals surface area (Å²) < 4.78 is 5.29.